The Balaban J connectivity index is 2.22. The SMILES string of the molecule is COCCn1c(SCC(=O)NC(N)=O)nnc1-c1cccc(C)c1. The summed E-state index contributed by atoms with van der Waals surface area (Å²) in [6, 6.07) is 7.05. The van der Waals surface area contributed by atoms with Crippen LogP contribution in [0.2, 0.25) is 0 Å². The third-order valence-electron chi connectivity index (χ3n) is 3.11. The first kappa shape index (κ1) is 18.0. The maximum absolute atomic E-state index is 11.6. The molecule has 0 aliphatic rings. The number of aryl methyl sites for hydroxylation is 1. The maximum Gasteiger partial charge on any atom is 0.318 e. The Bertz CT molecular complexity index is 732. The zero-order chi connectivity index (χ0) is 17.5. The topological polar surface area (TPSA) is 112 Å². The molecule has 2 rings (SSSR count). The third-order valence-corrected chi connectivity index (χ3v) is 4.07. The molecular formula is C15H19N5O3S. The average Bonchev–Trinajstić information content (AvgIpc) is 2.93. The summed E-state index contributed by atoms with van der Waals surface area (Å²) >= 11 is 1.18. The molecule has 9 heteroatoms. The summed E-state index contributed by atoms with van der Waals surface area (Å²) in [6.07, 6.45) is 0. The number of hydrogen-bond acceptors (Lipinski definition) is 6. The Morgan fingerprint density at radius 1 is 1.38 bits per heavy atom. The van der Waals surface area contributed by atoms with Gasteiger partial charge >= 0.3 is 6.03 Å². The highest BCUT2D eigenvalue weighted by molar-refractivity contribution is 7.99. The fraction of sp³-hybridized carbons (Fsp3) is 0.333. The number of benzene rings is 1. The van der Waals surface area contributed by atoms with Crippen LogP contribution in [0.25, 0.3) is 11.4 Å². The van der Waals surface area contributed by atoms with Crippen molar-refractivity contribution in [3.8, 4) is 11.4 Å². The molecule has 1 aromatic carbocycles. The Hall–Kier alpha value is -2.39. The minimum atomic E-state index is -0.873. The summed E-state index contributed by atoms with van der Waals surface area (Å²) in [7, 11) is 1.61. The minimum absolute atomic E-state index is 0.0157. The molecule has 0 fully saturated rings. The van der Waals surface area contributed by atoms with Gasteiger partial charge in [-0.15, -0.1) is 10.2 Å². The quantitative estimate of drug-likeness (QED) is 0.726. The lowest BCUT2D eigenvalue weighted by Crippen LogP contribution is -2.36. The second-order valence-electron chi connectivity index (χ2n) is 5.02. The van der Waals surface area contributed by atoms with Crippen LogP contribution < -0.4 is 11.1 Å². The van der Waals surface area contributed by atoms with E-state index in [4.69, 9.17) is 10.5 Å². The predicted molar refractivity (Wildman–Crippen MR) is 90.5 cm³/mol. The average molecular weight is 349 g/mol. The number of aromatic nitrogens is 3. The minimum Gasteiger partial charge on any atom is -0.383 e. The van der Waals surface area contributed by atoms with E-state index in [1.807, 2.05) is 41.1 Å². The molecule has 1 aromatic heterocycles. The number of ether oxygens (including phenoxy) is 1. The normalized spacial score (nSPS) is 10.6. The van der Waals surface area contributed by atoms with E-state index in [1.165, 1.54) is 11.8 Å². The van der Waals surface area contributed by atoms with Gasteiger partial charge in [-0.2, -0.15) is 0 Å². The molecule has 0 atom stereocenters. The number of imide groups is 1. The number of nitrogens with two attached hydrogens (primary N) is 1. The molecular weight excluding hydrogens is 330 g/mol. The summed E-state index contributed by atoms with van der Waals surface area (Å²) in [5.41, 5.74) is 6.97. The van der Waals surface area contributed by atoms with E-state index in [1.54, 1.807) is 7.11 Å². The number of hydrogen-bond donors (Lipinski definition) is 2. The maximum atomic E-state index is 11.6. The second-order valence-corrected chi connectivity index (χ2v) is 5.96. The van der Waals surface area contributed by atoms with Crippen LogP contribution in [-0.4, -0.2) is 46.2 Å². The van der Waals surface area contributed by atoms with Gasteiger partial charge in [0.05, 0.1) is 18.9 Å². The lowest BCUT2D eigenvalue weighted by molar-refractivity contribution is -0.117. The first-order valence-electron chi connectivity index (χ1n) is 7.22. The lowest BCUT2D eigenvalue weighted by atomic mass is 10.1. The first-order valence-corrected chi connectivity index (χ1v) is 8.21. The molecule has 0 aliphatic carbocycles. The molecule has 0 unspecified atom stereocenters. The fourth-order valence-electron chi connectivity index (χ4n) is 2.08. The van der Waals surface area contributed by atoms with E-state index < -0.39 is 11.9 Å². The van der Waals surface area contributed by atoms with Crippen LogP contribution in [0.3, 0.4) is 0 Å². The molecule has 8 nitrogen and oxygen atoms in total. The van der Waals surface area contributed by atoms with E-state index in [-0.39, 0.29) is 5.75 Å². The molecule has 1 heterocycles. The highest BCUT2D eigenvalue weighted by Gasteiger charge is 2.16. The largest absolute Gasteiger partial charge is 0.383 e. The smallest absolute Gasteiger partial charge is 0.318 e. The van der Waals surface area contributed by atoms with E-state index >= 15 is 0 Å². The number of amides is 3. The lowest BCUT2D eigenvalue weighted by Gasteiger charge is -2.10. The number of carbonyl (C=O) groups is 2. The number of carbonyl (C=O) groups excluding carboxylic acids is 2. The van der Waals surface area contributed by atoms with Crippen LogP contribution in [0.4, 0.5) is 4.79 Å². The number of nitrogens with zero attached hydrogens (tertiary/aromatic N) is 3. The molecule has 0 saturated carbocycles. The summed E-state index contributed by atoms with van der Waals surface area (Å²) in [4.78, 5) is 22.2. The zero-order valence-electron chi connectivity index (χ0n) is 13.5. The Morgan fingerprint density at radius 3 is 2.83 bits per heavy atom. The molecule has 3 N–H and O–H groups in total. The van der Waals surface area contributed by atoms with Crippen LogP contribution in [0.1, 0.15) is 5.56 Å². The fourth-order valence-corrected chi connectivity index (χ4v) is 2.85. The second kappa shape index (κ2) is 8.46. The van der Waals surface area contributed by atoms with Crippen molar-refractivity contribution in [1.82, 2.24) is 20.1 Å². The highest BCUT2D eigenvalue weighted by Crippen LogP contribution is 2.24. The van der Waals surface area contributed by atoms with E-state index in [2.05, 4.69) is 10.2 Å². The molecule has 2 aromatic rings. The number of rotatable bonds is 7. The number of nitrogens with one attached hydrogen (secondary N) is 1. The third kappa shape index (κ3) is 4.80. The monoisotopic (exact) mass is 349 g/mol. The molecule has 0 bridgehead atoms. The van der Waals surface area contributed by atoms with E-state index in [0.29, 0.717) is 24.1 Å². The van der Waals surface area contributed by atoms with Gasteiger partial charge in [0, 0.05) is 12.7 Å². The summed E-state index contributed by atoms with van der Waals surface area (Å²) in [5.74, 6) is 0.237. The van der Waals surface area contributed by atoms with Gasteiger partial charge in [-0.1, -0.05) is 35.5 Å². The first-order chi connectivity index (χ1) is 11.5. The van der Waals surface area contributed by atoms with Crippen molar-refractivity contribution < 1.29 is 14.3 Å². The van der Waals surface area contributed by atoms with Gasteiger partial charge in [0.15, 0.2) is 11.0 Å². The van der Waals surface area contributed by atoms with Gasteiger partial charge in [-0.3, -0.25) is 14.7 Å². The predicted octanol–water partition coefficient (Wildman–Crippen LogP) is 1.19. The van der Waals surface area contributed by atoms with Gasteiger partial charge < -0.3 is 10.5 Å². The summed E-state index contributed by atoms with van der Waals surface area (Å²) in [5, 5.41) is 11.0. The van der Waals surface area contributed by atoms with Crippen molar-refractivity contribution in [1.29, 1.82) is 0 Å². The summed E-state index contributed by atoms with van der Waals surface area (Å²) < 4.78 is 7.03. The Kier molecular flexibility index (Phi) is 6.33. The molecule has 0 radical (unpaired) electrons. The van der Waals surface area contributed by atoms with Crippen molar-refractivity contribution in [2.24, 2.45) is 5.73 Å². The van der Waals surface area contributed by atoms with Gasteiger partial charge in [0.25, 0.3) is 0 Å². The molecule has 128 valence electrons. The number of methoxy groups -OCH3 is 1. The van der Waals surface area contributed by atoms with E-state index in [9.17, 15) is 9.59 Å². The van der Waals surface area contributed by atoms with Crippen LogP contribution in [-0.2, 0) is 16.1 Å². The van der Waals surface area contributed by atoms with Gasteiger partial charge in [-0.05, 0) is 13.0 Å². The van der Waals surface area contributed by atoms with Crippen molar-refractivity contribution in [2.75, 3.05) is 19.5 Å². The van der Waals surface area contributed by atoms with Crippen molar-refractivity contribution in [3.05, 3.63) is 29.8 Å². The molecule has 0 spiro atoms. The van der Waals surface area contributed by atoms with Crippen LogP contribution in [0.15, 0.2) is 29.4 Å². The van der Waals surface area contributed by atoms with Crippen molar-refractivity contribution >= 4 is 23.7 Å². The molecule has 0 aliphatic heterocycles. The molecule has 0 saturated heterocycles. The molecule has 3 amide bonds. The van der Waals surface area contributed by atoms with E-state index in [0.717, 1.165) is 11.1 Å². The van der Waals surface area contributed by atoms with Gasteiger partial charge in [-0.25, -0.2) is 4.79 Å². The molecule has 24 heavy (non-hydrogen) atoms. The van der Waals surface area contributed by atoms with Crippen molar-refractivity contribution in [2.45, 2.75) is 18.6 Å². The zero-order valence-corrected chi connectivity index (χ0v) is 14.3. The van der Waals surface area contributed by atoms with Crippen molar-refractivity contribution in [3.63, 3.8) is 0 Å². The van der Waals surface area contributed by atoms with Gasteiger partial charge in [0.1, 0.15) is 0 Å². The Labute approximate surface area is 143 Å². The van der Waals surface area contributed by atoms with Gasteiger partial charge in [0.2, 0.25) is 5.91 Å². The number of urea groups is 1. The van der Waals surface area contributed by atoms with Crippen LogP contribution in [0, 0.1) is 6.92 Å². The Morgan fingerprint density at radius 2 is 2.17 bits per heavy atom. The number of primary amides is 1. The standard InChI is InChI=1S/C15H19N5O3S/c1-10-4-3-5-11(8-10)13-18-19-15(20(13)6-7-23-2)24-9-12(21)17-14(16)22/h3-5,8H,6-7,9H2,1-2H3,(H3,16,17,21,22). The van der Waals surface area contributed by atoms with Crippen LogP contribution >= 0.6 is 11.8 Å². The van der Waals surface area contributed by atoms with Crippen LogP contribution in [0.5, 0.6) is 0 Å². The highest BCUT2D eigenvalue weighted by atomic mass is 32.2. The number of thioether (sulfide) groups is 1. The summed E-state index contributed by atoms with van der Waals surface area (Å²) in [6.45, 7) is 3.04.